The van der Waals surface area contributed by atoms with Gasteiger partial charge in [0, 0.05) is 0 Å². The zero-order valence-electron chi connectivity index (χ0n) is 10.1. The molecule has 1 rings (SSSR count). The molecule has 0 amide bonds. The highest BCUT2D eigenvalue weighted by atomic mass is 35.5. The fourth-order valence-electron chi connectivity index (χ4n) is 1.50. The summed E-state index contributed by atoms with van der Waals surface area (Å²) in [5, 5.41) is -0.485. The summed E-state index contributed by atoms with van der Waals surface area (Å²) in [4.78, 5) is 10.7. The van der Waals surface area contributed by atoms with Crippen LogP contribution in [-0.4, -0.2) is 11.8 Å². The molecular formula is C13H17ClO2. The van der Waals surface area contributed by atoms with Gasteiger partial charge < -0.3 is 4.74 Å². The number of hydrogen-bond acceptors (Lipinski definition) is 2. The predicted molar refractivity (Wildman–Crippen MR) is 66.2 cm³/mol. The lowest BCUT2D eigenvalue weighted by atomic mass is 9.86. The van der Waals surface area contributed by atoms with E-state index in [1.165, 1.54) is 0 Å². The van der Waals surface area contributed by atoms with Gasteiger partial charge in [-0.2, -0.15) is 0 Å². The van der Waals surface area contributed by atoms with Gasteiger partial charge in [0.15, 0.2) is 6.61 Å². The van der Waals surface area contributed by atoms with Crippen LogP contribution >= 0.6 is 11.6 Å². The molecule has 0 saturated carbocycles. The number of aryl methyl sites for hydroxylation is 1. The first-order valence-electron chi connectivity index (χ1n) is 5.23. The number of hydrogen-bond donors (Lipinski definition) is 0. The Morgan fingerprint density at radius 1 is 1.38 bits per heavy atom. The molecular weight excluding hydrogens is 224 g/mol. The van der Waals surface area contributed by atoms with E-state index < -0.39 is 5.24 Å². The number of ether oxygens (including phenoxy) is 1. The topological polar surface area (TPSA) is 26.3 Å². The molecule has 1 aromatic rings. The van der Waals surface area contributed by atoms with Crippen LogP contribution in [-0.2, 0) is 10.2 Å². The van der Waals surface area contributed by atoms with Crippen molar-refractivity contribution < 1.29 is 9.53 Å². The summed E-state index contributed by atoms with van der Waals surface area (Å²) in [5.74, 6) is 0.738. The lowest BCUT2D eigenvalue weighted by molar-refractivity contribution is -0.113. The van der Waals surface area contributed by atoms with Gasteiger partial charge in [-0.05, 0) is 41.1 Å². The van der Waals surface area contributed by atoms with E-state index >= 15 is 0 Å². The van der Waals surface area contributed by atoms with Gasteiger partial charge in [0.2, 0.25) is 0 Å². The Bertz CT molecular complexity index is 391. The van der Waals surface area contributed by atoms with Gasteiger partial charge in [0.05, 0.1) is 0 Å². The van der Waals surface area contributed by atoms with Crippen molar-refractivity contribution in [3.05, 3.63) is 29.3 Å². The van der Waals surface area contributed by atoms with Crippen LogP contribution in [0.15, 0.2) is 18.2 Å². The van der Waals surface area contributed by atoms with E-state index in [-0.39, 0.29) is 12.0 Å². The third-order valence-corrected chi connectivity index (χ3v) is 2.40. The molecule has 0 aliphatic rings. The molecule has 0 atom stereocenters. The van der Waals surface area contributed by atoms with Crippen LogP contribution in [0.1, 0.15) is 31.9 Å². The first kappa shape index (κ1) is 13.0. The van der Waals surface area contributed by atoms with Gasteiger partial charge in [-0.3, -0.25) is 4.79 Å². The van der Waals surface area contributed by atoms with Crippen LogP contribution in [0.5, 0.6) is 5.75 Å². The van der Waals surface area contributed by atoms with Gasteiger partial charge in [0.25, 0.3) is 5.24 Å². The Balaban J connectivity index is 3.04. The minimum absolute atomic E-state index is 0.0155. The molecule has 1 aromatic carbocycles. The summed E-state index contributed by atoms with van der Waals surface area (Å²) in [7, 11) is 0. The maximum absolute atomic E-state index is 10.7. The third-order valence-electron chi connectivity index (χ3n) is 2.29. The molecule has 0 radical (unpaired) electrons. The summed E-state index contributed by atoms with van der Waals surface area (Å²) in [5.41, 5.74) is 2.17. The van der Waals surface area contributed by atoms with Crippen molar-refractivity contribution in [3.8, 4) is 5.75 Å². The van der Waals surface area contributed by atoms with E-state index in [2.05, 4.69) is 20.8 Å². The summed E-state index contributed by atoms with van der Waals surface area (Å²) in [6.45, 7) is 8.21. The average Bonchev–Trinajstić information content (AvgIpc) is 2.12. The third kappa shape index (κ3) is 3.53. The fraction of sp³-hybridized carbons (Fsp3) is 0.462. The Morgan fingerprint density at radius 2 is 2.00 bits per heavy atom. The van der Waals surface area contributed by atoms with E-state index in [0.29, 0.717) is 0 Å². The van der Waals surface area contributed by atoms with Crippen molar-refractivity contribution in [1.29, 1.82) is 0 Å². The molecule has 0 fully saturated rings. The first-order chi connectivity index (χ1) is 7.30. The van der Waals surface area contributed by atoms with Crippen molar-refractivity contribution in [1.82, 2.24) is 0 Å². The molecule has 0 spiro atoms. The number of carbonyl (C=O) groups is 1. The predicted octanol–water partition coefficient (Wildman–Crippen LogP) is 3.44. The highest BCUT2D eigenvalue weighted by Crippen LogP contribution is 2.32. The van der Waals surface area contributed by atoms with Gasteiger partial charge in [-0.15, -0.1) is 0 Å². The number of halogens is 1. The zero-order chi connectivity index (χ0) is 12.3. The van der Waals surface area contributed by atoms with Crippen molar-refractivity contribution in [3.63, 3.8) is 0 Å². The number of benzene rings is 1. The van der Waals surface area contributed by atoms with E-state index in [1.54, 1.807) is 0 Å². The lowest BCUT2D eigenvalue weighted by Gasteiger charge is -2.22. The molecule has 0 saturated heterocycles. The second-order valence-corrected chi connectivity index (χ2v) is 5.31. The number of carbonyl (C=O) groups excluding carboxylic acids is 1. The highest BCUT2D eigenvalue weighted by Gasteiger charge is 2.19. The van der Waals surface area contributed by atoms with E-state index in [9.17, 15) is 4.79 Å². The van der Waals surface area contributed by atoms with Crippen molar-refractivity contribution >= 4 is 16.8 Å². The molecule has 88 valence electrons. The minimum Gasteiger partial charge on any atom is -0.484 e. The second-order valence-electron chi connectivity index (χ2n) is 4.89. The second kappa shape index (κ2) is 4.88. The van der Waals surface area contributed by atoms with Crippen LogP contribution in [0.2, 0.25) is 0 Å². The number of rotatable bonds is 3. The molecule has 0 unspecified atom stereocenters. The molecule has 16 heavy (non-hydrogen) atoms. The van der Waals surface area contributed by atoms with Gasteiger partial charge in [-0.25, -0.2) is 0 Å². The zero-order valence-corrected chi connectivity index (χ0v) is 10.9. The maximum atomic E-state index is 10.7. The molecule has 0 bridgehead atoms. The molecule has 0 aliphatic heterocycles. The van der Waals surface area contributed by atoms with Gasteiger partial charge in [-0.1, -0.05) is 32.9 Å². The first-order valence-corrected chi connectivity index (χ1v) is 5.61. The standard InChI is InChI=1S/C13H17ClO2/c1-9-5-6-10(13(2,3)4)11(7-9)16-8-12(14)15/h5-7H,8H2,1-4H3. The summed E-state index contributed by atoms with van der Waals surface area (Å²) in [6.07, 6.45) is 0. The summed E-state index contributed by atoms with van der Waals surface area (Å²) >= 11 is 5.27. The molecule has 3 heteroatoms. The van der Waals surface area contributed by atoms with Crippen LogP contribution in [0.3, 0.4) is 0 Å². The molecule has 0 N–H and O–H groups in total. The van der Waals surface area contributed by atoms with Crippen LogP contribution in [0.4, 0.5) is 0 Å². The summed E-state index contributed by atoms with van der Waals surface area (Å²) < 4.78 is 5.42. The maximum Gasteiger partial charge on any atom is 0.259 e. The lowest BCUT2D eigenvalue weighted by Crippen LogP contribution is -2.15. The Morgan fingerprint density at radius 3 is 2.50 bits per heavy atom. The molecule has 0 aliphatic carbocycles. The molecule has 0 heterocycles. The van der Waals surface area contributed by atoms with Crippen LogP contribution < -0.4 is 4.74 Å². The summed E-state index contributed by atoms with van der Waals surface area (Å²) in [6, 6.07) is 6.00. The SMILES string of the molecule is Cc1ccc(C(C)(C)C)c(OCC(=O)Cl)c1. The van der Waals surface area contributed by atoms with Crippen molar-refractivity contribution in [2.24, 2.45) is 0 Å². The largest absolute Gasteiger partial charge is 0.484 e. The Hall–Kier alpha value is -1.02. The van der Waals surface area contributed by atoms with Crippen LogP contribution in [0.25, 0.3) is 0 Å². The quantitative estimate of drug-likeness (QED) is 0.757. The molecule has 0 aromatic heterocycles. The molecule has 2 nitrogen and oxygen atoms in total. The fourth-order valence-corrected chi connectivity index (χ4v) is 1.56. The van der Waals surface area contributed by atoms with Gasteiger partial charge in [0.1, 0.15) is 5.75 Å². The van der Waals surface area contributed by atoms with E-state index in [0.717, 1.165) is 16.9 Å². The van der Waals surface area contributed by atoms with Crippen molar-refractivity contribution in [2.75, 3.05) is 6.61 Å². The van der Waals surface area contributed by atoms with E-state index in [1.807, 2.05) is 25.1 Å². The normalized spacial score (nSPS) is 11.3. The van der Waals surface area contributed by atoms with Crippen molar-refractivity contribution in [2.45, 2.75) is 33.1 Å². The monoisotopic (exact) mass is 240 g/mol. The van der Waals surface area contributed by atoms with E-state index in [4.69, 9.17) is 16.3 Å². The Kier molecular flexibility index (Phi) is 3.98. The average molecular weight is 241 g/mol. The smallest absolute Gasteiger partial charge is 0.259 e. The van der Waals surface area contributed by atoms with Crippen LogP contribution in [0, 0.1) is 6.92 Å². The van der Waals surface area contributed by atoms with Gasteiger partial charge >= 0.3 is 0 Å². The minimum atomic E-state index is -0.485. The Labute approximate surface area is 102 Å². The highest BCUT2D eigenvalue weighted by molar-refractivity contribution is 6.63.